The normalized spacial score (nSPS) is 33.1. The molecule has 0 spiro atoms. The molecule has 0 aromatic carbocycles. The van der Waals surface area contributed by atoms with Crippen LogP contribution in [0.15, 0.2) is 0 Å². The number of sulfonamides is 1. The number of hydrogen-bond donors (Lipinski definition) is 2. The highest BCUT2D eigenvalue weighted by atomic mass is 32.2. The summed E-state index contributed by atoms with van der Waals surface area (Å²) >= 11 is 0. The second-order valence-electron chi connectivity index (χ2n) is 5.20. The second kappa shape index (κ2) is 5.14. The van der Waals surface area contributed by atoms with Gasteiger partial charge in [0.05, 0.1) is 7.11 Å². The maximum Gasteiger partial charge on any atom is 0.325 e. The maximum atomic E-state index is 12.0. The van der Waals surface area contributed by atoms with Crippen molar-refractivity contribution < 1.29 is 17.9 Å². The Morgan fingerprint density at radius 3 is 2.72 bits per heavy atom. The Labute approximate surface area is 108 Å². The summed E-state index contributed by atoms with van der Waals surface area (Å²) in [7, 11) is -2.45. The summed E-state index contributed by atoms with van der Waals surface area (Å²) in [5, 5.41) is 2.21. The smallest absolute Gasteiger partial charge is 0.325 e. The number of carbonyl (C=O) groups is 1. The Morgan fingerprint density at radius 1 is 1.39 bits per heavy atom. The van der Waals surface area contributed by atoms with E-state index in [4.69, 9.17) is 0 Å². The van der Waals surface area contributed by atoms with E-state index in [1.807, 2.05) is 0 Å². The number of methoxy groups -OCH3 is 1. The van der Waals surface area contributed by atoms with E-state index in [1.165, 1.54) is 14.0 Å². The van der Waals surface area contributed by atoms with E-state index in [0.29, 0.717) is 12.0 Å². The highest BCUT2D eigenvalue weighted by Gasteiger charge is 2.37. The predicted molar refractivity (Wildman–Crippen MR) is 66.5 cm³/mol. The summed E-state index contributed by atoms with van der Waals surface area (Å²) in [5.41, 5.74) is 0. The van der Waals surface area contributed by atoms with E-state index < -0.39 is 21.2 Å². The Morgan fingerprint density at radius 2 is 2.11 bits per heavy atom. The van der Waals surface area contributed by atoms with Gasteiger partial charge >= 0.3 is 5.97 Å². The van der Waals surface area contributed by atoms with Gasteiger partial charge in [0.25, 0.3) is 0 Å². The van der Waals surface area contributed by atoms with E-state index in [2.05, 4.69) is 14.8 Å². The minimum atomic E-state index is -3.64. The van der Waals surface area contributed by atoms with Crippen LogP contribution < -0.4 is 10.0 Å². The molecule has 18 heavy (non-hydrogen) atoms. The summed E-state index contributed by atoms with van der Waals surface area (Å²) in [6.07, 6.45) is 2.77. The third-order valence-electron chi connectivity index (χ3n) is 3.83. The molecular formula is C11H20N2O4S. The molecule has 4 unspecified atom stereocenters. The van der Waals surface area contributed by atoms with Crippen molar-refractivity contribution in [1.82, 2.24) is 10.0 Å². The number of fused-ring (bicyclic) bond motifs is 2. The molecule has 1 heterocycles. The first-order valence-electron chi connectivity index (χ1n) is 6.24. The van der Waals surface area contributed by atoms with Gasteiger partial charge in [0.2, 0.25) is 10.0 Å². The van der Waals surface area contributed by atoms with Crippen LogP contribution in [0.1, 0.15) is 26.2 Å². The molecule has 0 aromatic rings. The number of esters is 1. The van der Waals surface area contributed by atoms with Crippen molar-refractivity contribution in [2.24, 2.45) is 5.92 Å². The van der Waals surface area contributed by atoms with Crippen LogP contribution in [0.5, 0.6) is 0 Å². The molecule has 0 aromatic heterocycles. The van der Waals surface area contributed by atoms with E-state index in [9.17, 15) is 13.2 Å². The molecule has 0 radical (unpaired) electrons. The average Bonchev–Trinajstić information content (AvgIpc) is 2.66. The van der Waals surface area contributed by atoms with Crippen molar-refractivity contribution in [1.29, 1.82) is 0 Å². The lowest BCUT2D eigenvalue weighted by atomic mass is 9.87. The Hall–Kier alpha value is -0.660. The highest BCUT2D eigenvalue weighted by molar-refractivity contribution is 7.90. The van der Waals surface area contributed by atoms with Crippen LogP contribution in [-0.4, -0.2) is 45.4 Å². The van der Waals surface area contributed by atoms with Crippen LogP contribution in [0.25, 0.3) is 0 Å². The van der Waals surface area contributed by atoms with Crippen LogP contribution in [0, 0.1) is 5.92 Å². The van der Waals surface area contributed by atoms with Crippen LogP contribution in [0.2, 0.25) is 0 Å². The van der Waals surface area contributed by atoms with Crippen LogP contribution in [-0.2, 0) is 19.6 Å². The molecule has 1 aliphatic carbocycles. The predicted octanol–water partition coefficient (Wildman–Crippen LogP) is -0.392. The van der Waals surface area contributed by atoms with Gasteiger partial charge in [0, 0.05) is 12.1 Å². The second-order valence-corrected chi connectivity index (χ2v) is 7.24. The summed E-state index contributed by atoms with van der Waals surface area (Å²) in [4.78, 5) is 11.3. The van der Waals surface area contributed by atoms with Gasteiger partial charge in [-0.25, -0.2) is 13.1 Å². The maximum absolute atomic E-state index is 12.0. The minimum Gasteiger partial charge on any atom is -0.468 e. The van der Waals surface area contributed by atoms with E-state index in [1.54, 1.807) is 0 Å². The summed E-state index contributed by atoms with van der Waals surface area (Å²) in [6, 6.07) is 0.339. The molecule has 2 N–H and O–H groups in total. The van der Waals surface area contributed by atoms with Gasteiger partial charge in [0.1, 0.15) is 0 Å². The van der Waals surface area contributed by atoms with Gasteiger partial charge in [-0.05, 0) is 38.6 Å². The summed E-state index contributed by atoms with van der Waals surface area (Å²) in [5.74, 6) is -0.177. The van der Waals surface area contributed by atoms with E-state index >= 15 is 0 Å². The Kier molecular flexibility index (Phi) is 3.93. The number of carbonyl (C=O) groups excluding carboxylic acids is 1. The van der Waals surface area contributed by atoms with Crippen LogP contribution >= 0.6 is 0 Å². The number of hydrogen-bond acceptors (Lipinski definition) is 5. The quantitative estimate of drug-likeness (QED) is 0.683. The molecule has 1 saturated heterocycles. The molecule has 104 valence electrons. The minimum absolute atomic E-state index is 0.0687. The molecule has 1 aliphatic heterocycles. The fourth-order valence-electron chi connectivity index (χ4n) is 2.83. The standard InChI is InChI=1S/C11H20N2O4S/c1-7(11(14)17-2)18(15,16)13-10-4-8-3-9(5-10)12-6-8/h7-10,12-13H,3-6H2,1-2H3. The molecule has 1 saturated carbocycles. The van der Waals surface area contributed by atoms with Crippen LogP contribution in [0.4, 0.5) is 0 Å². The molecule has 0 amide bonds. The molecule has 2 aliphatic rings. The first kappa shape index (κ1) is 13.8. The summed E-state index contributed by atoms with van der Waals surface area (Å²) < 4.78 is 31.1. The van der Waals surface area contributed by atoms with Crippen molar-refractivity contribution >= 4 is 16.0 Å². The number of rotatable bonds is 4. The first-order chi connectivity index (χ1) is 8.42. The Balaban J connectivity index is 1.98. The lowest BCUT2D eigenvalue weighted by Crippen LogP contribution is -2.46. The topological polar surface area (TPSA) is 84.5 Å². The Bertz CT molecular complexity index is 411. The zero-order valence-electron chi connectivity index (χ0n) is 10.7. The van der Waals surface area contributed by atoms with E-state index in [0.717, 1.165) is 25.8 Å². The highest BCUT2D eigenvalue weighted by Crippen LogP contribution is 2.29. The zero-order valence-corrected chi connectivity index (χ0v) is 11.5. The lowest BCUT2D eigenvalue weighted by molar-refractivity contribution is -0.139. The van der Waals surface area contributed by atoms with Gasteiger partial charge in [-0.2, -0.15) is 0 Å². The van der Waals surface area contributed by atoms with Crippen molar-refractivity contribution in [3.05, 3.63) is 0 Å². The van der Waals surface area contributed by atoms with Crippen molar-refractivity contribution in [3.63, 3.8) is 0 Å². The van der Waals surface area contributed by atoms with Gasteiger partial charge in [-0.3, -0.25) is 4.79 Å². The SMILES string of the molecule is COC(=O)C(C)S(=O)(=O)NC1CC2CNC(C2)C1. The van der Waals surface area contributed by atoms with Crippen molar-refractivity contribution in [2.75, 3.05) is 13.7 Å². The van der Waals surface area contributed by atoms with Crippen LogP contribution in [0.3, 0.4) is 0 Å². The average molecular weight is 276 g/mol. The lowest BCUT2D eigenvalue weighted by Gasteiger charge is -2.28. The number of nitrogens with one attached hydrogen (secondary N) is 2. The molecule has 6 nitrogen and oxygen atoms in total. The third-order valence-corrected chi connectivity index (χ3v) is 5.61. The molecule has 4 atom stereocenters. The van der Waals surface area contributed by atoms with Gasteiger partial charge in [-0.15, -0.1) is 0 Å². The molecule has 2 bridgehead atoms. The number of ether oxygens (including phenoxy) is 1. The van der Waals surface area contributed by atoms with Gasteiger partial charge < -0.3 is 10.1 Å². The fourth-order valence-corrected chi connectivity index (χ4v) is 4.04. The molecule has 2 fully saturated rings. The van der Waals surface area contributed by atoms with Crippen molar-refractivity contribution in [3.8, 4) is 0 Å². The van der Waals surface area contributed by atoms with Gasteiger partial charge in [0.15, 0.2) is 5.25 Å². The fraction of sp³-hybridized carbons (Fsp3) is 0.909. The molecule has 2 rings (SSSR count). The third kappa shape index (κ3) is 2.84. The monoisotopic (exact) mass is 276 g/mol. The molecular weight excluding hydrogens is 256 g/mol. The van der Waals surface area contributed by atoms with Crippen molar-refractivity contribution in [2.45, 2.75) is 43.5 Å². The van der Waals surface area contributed by atoms with E-state index in [-0.39, 0.29) is 6.04 Å². The van der Waals surface area contributed by atoms with Gasteiger partial charge in [-0.1, -0.05) is 0 Å². The largest absolute Gasteiger partial charge is 0.468 e. The molecule has 7 heteroatoms. The first-order valence-corrected chi connectivity index (χ1v) is 7.79. The summed E-state index contributed by atoms with van der Waals surface area (Å²) in [6.45, 7) is 2.32. The zero-order chi connectivity index (χ0) is 13.3.